The summed E-state index contributed by atoms with van der Waals surface area (Å²) < 4.78 is 36.9. The van der Waals surface area contributed by atoms with E-state index in [2.05, 4.69) is 0 Å². The molecule has 1 aliphatic rings. The zero-order chi connectivity index (χ0) is 20.3. The van der Waals surface area contributed by atoms with Crippen LogP contribution in [0.1, 0.15) is 46.5 Å². The Morgan fingerprint density at radius 2 is 1.81 bits per heavy atom. The number of aliphatic hydroxyl groups is 1. The number of carbonyl (C=O) groups excluding carboxylic acids is 1. The summed E-state index contributed by atoms with van der Waals surface area (Å²) in [6.07, 6.45) is 2.47. The lowest BCUT2D eigenvalue weighted by molar-refractivity contribution is -0.844. The average molecular weight is 401 g/mol. The maximum Gasteiger partial charge on any atom is 0.366 e. The highest BCUT2D eigenvalue weighted by molar-refractivity contribution is 7.86. The Labute approximate surface area is 161 Å². The Morgan fingerprint density at radius 3 is 2.33 bits per heavy atom. The summed E-state index contributed by atoms with van der Waals surface area (Å²) in [7, 11) is -2.54. The normalized spacial score (nSPS) is 24.1. The molecule has 1 saturated heterocycles. The van der Waals surface area contributed by atoms with E-state index in [0.717, 1.165) is 6.42 Å². The smallest absolute Gasteiger partial charge is 0.366 e. The lowest BCUT2D eigenvalue weighted by Crippen LogP contribution is -2.62. The molecule has 1 aromatic rings. The number of quaternary nitrogens is 1. The maximum absolute atomic E-state index is 13.5. The van der Waals surface area contributed by atoms with Gasteiger partial charge in [-0.15, -0.1) is 0 Å². The van der Waals surface area contributed by atoms with Crippen molar-refractivity contribution < 1.29 is 31.7 Å². The molecular weight excluding hydrogens is 370 g/mol. The minimum absolute atomic E-state index is 0.0489. The highest BCUT2D eigenvalue weighted by atomic mass is 32.2. The van der Waals surface area contributed by atoms with Gasteiger partial charge in [-0.1, -0.05) is 0 Å². The van der Waals surface area contributed by atoms with Gasteiger partial charge in [0.1, 0.15) is 16.2 Å². The van der Waals surface area contributed by atoms with Gasteiger partial charge >= 0.3 is 16.0 Å². The molecule has 0 spiro atoms. The van der Waals surface area contributed by atoms with Crippen molar-refractivity contribution in [3.8, 4) is 5.75 Å². The summed E-state index contributed by atoms with van der Waals surface area (Å²) in [4.78, 5) is 12.9. The average Bonchev–Trinajstić information content (AvgIpc) is 2.83. The van der Waals surface area contributed by atoms with Crippen LogP contribution in [0.15, 0.2) is 29.2 Å². The molecule has 1 fully saturated rings. The third kappa shape index (κ3) is 4.44. The van der Waals surface area contributed by atoms with Gasteiger partial charge in [-0.25, -0.2) is 4.79 Å². The highest BCUT2D eigenvalue weighted by Crippen LogP contribution is 2.35. The molecule has 152 valence electrons. The summed E-state index contributed by atoms with van der Waals surface area (Å²) in [6.45, 7) is 4.71. The van der Waals surface area contributed by atoms with Crippen molar-refractivity contribution in [3.05, 3.63) is 24.3 Å². The van der Waals surface area contributed by atoms with Gasteiger partial charge in [-0.3, -0.25) is 0 Å². The summed E-state index contributed by atoms with van der Waals surface area (Å²) in [5, 5.41) is 10.2. The molecule has 0 bridgehead atoms. The summed E-state index contributed by atoms with van der Waals surface area (Å²) in [5.41, 5.74) is -0.738. The predicted molar refractivity (Wildman–Crippen MR) is 100 cm³/mol. The molecule has 0 amide bonds. The third-order valence-corrected chi connectivity index (χ3v) is 7.21. The summed E-state index contributed by atoms with van der Waals surface area (Å²) in [5.74, 6) is -0.0559. The Hall–Kier alpha value is -1.64. The predicted octanol–water partition coefficient (Wildman–Crippen LogP) is 2.43. The van der Waals surface area contributed by atoms with E-state index in [1.165, 1.54) is 19.2 Å². The van der Waals surface area contributed by atoms with Crippen molar-refractivity contribution in [2.75, 3.05) is 20.4 Å². The second-order valence-electron chi connectivity index (χ2n) is 7.87. The molecule has 1 aromatic carbocycles. The van der Waals surface area contributed by atoms with Gasteiger partial charge in [0.2, 0.25) is 6.04 Å². The number of nitrogens with zero attached hydrogens (tertiary/aromatic N) is 1. The molecular formula is C19H30NO6S+. The van der Waals surface area contributed by atoms with Gasteiger partial charge in [-0.2, -0.15) is 12.3 Å². The molecule has 27 heavy (non-hydrogen) atoms. The first kappa shape index (κ1) is 21.7. The van der Waals surface area contributed by atoms with Crippen molar-refractivity contribution in [3.63, 3.8) is 0 Å². The van der Waals surface area contributed by atoms with E-state index in [1.807, 2.05) is 0 Å². The molecule has 2 rings (SSSR count). The second-order valence-corrected chi connectivity index (χ2v) is 10.0. The van der Waals surface area contributed by atoms with Gasteiger partial charge in [0.15, 0.2) is 6.73 Å². The molecule has 1 N–H and O–H groups in total. The molecule has 0 aliphatic carbocycles. The molecule has 1 heterocycles. The van der Waals surface area contributed by atoms with Crippen molar-refractivity contribution in [2.24, 2.45) is 0 Å². The van der Waals surface area contributed by atoms with E-state index in [9.17, 15) is 18.3 Å². The van der Waals surface area contributed by atoms with Crippen molar-refractivity contribution >= 4 is 16.0 Å². The van der Waals surface area contributed by atoms with Gasteiger partial charge < -0.3 is 14.6 Å². The number of carbonyl (C=O) groups is 1. The van der Waals surface area contributed by atoms with Gasteiger partial charge in [0.25, 0.3) is 0 Å². The number of benzene rings is 1. The van der Waals surface area contributed by atoms with Gasteiger partial charge in [0, 0.05) is 6.42 Å². The number of methoxy groups -OCH3 is 1. The number of likely N-dealkylation sites (tertiary alicyclic amines) is 1. The number of esters is 1. The van der Waals surface area contributed by atoms with Gasteiger partial charge in [-0.05, 0) is 64.3 Å². The zero-order valence-electron chi connectivity index (χ0n) is 16.5. The first-order valence-corrected chi connectivity index (χ1v) is 10.6. The lowest BCUT2D eigenvalue weighted by Gasteiger charge is -2.39. The van der Waals surface area contributed by atoms with Crippen LogP contribution in [0.4, 0.5) is 0 Å². The highest BCUT2D eigenvalue weighted by Gasteiger charge is 2.54. The molecule has 0 aromatic heterocycles. The fraction of sp³-hybridized carbons (Fsp3) is 0.632. The SMILES string of the molecule is COc1ccc(S(=O)(=O)[N+]2(CO)CCCCCC2C(=O)OC(C)(C)C)cc1. The molecule has 7 nitrogen and oxygen atoms in total. The van der Waals surface area contributed by atoms with E-state index in [4.69, 9.17) is 9.47 Å². The minimum atomic E-state index is -4.04. The third-order valence-electron chi connectivity index (χ3n) is 4.84. The molecule has 1 aliphatic heterocycles. The minimum Gasteiger partial charge on any atom is -0.497 e. The van der Waals surface area contributed by atoms with E-state index in [-0.39, 0.29) is 11.4 Å². The molecule has 8 heteroatoms. The van der Waals surface area contributed by atoms with Crippen LogP contribution in [0.5, 0.6) is 5.75 Å². The monoisotopic (exact) mass is 400 g/mol. The number of aliphatic hydroxyl groups excluding tert-OH is 1. The van der Waals surface area contributed by atoms with Crippen LogP contribution < -0.4 is 4.74 Å². The number of rotatable bonds is 5. The Kier molecular flexibility index (Phi) is 6.55. The Balaban J connectivity index is 2.53. The van der Waals surface area contributed by atoms with E-state index in [1.54, 1.807) is 32.9 Å². The fourth-order valence-corrected chi connectivity index (χ4v) is 5.40. The number of sulfonamides is 1. The second kappa shape index (κ2) is 8.16. The molecule has 0 radical (unpaired) electrons. The van der Waals surface area contributed by atoms with Crippen LogP contribution in [0.3, 0.4) is 0 Å². The van der Waals surface area contributed by atoms with Crippen LogP contribution in [-0.4, -0.2) is 55.4 Å². The van der Waals surface area contributed by atoms with Crippen molar-refractivity contribution in [1.29, 1.82) is 0 Å². The van der Waals surface area contributed by atoms with Crippen molar-refractivity contribution in [2.45, 2.75) is 63.0 Å². The summed E-state index contributed by atoms with van der Waals surface area (Å²) in [6, 6.07) is 5.04. The fourth-order valence-electron chi connectivity index (χ4n) is 3.46. The van der Waals surface area contributed by atoms with Crippen LogP contribution in [0.2, 0.25) is 0 Å². The number of hydrogen-bond donors (Lipinski definition) is 1. The molecule has 2 unspecified atom stereocenters. The quantitative estimate of drug-likeness (QED) is 0.603. The topological polar surface area (TPSA) is 89.9 Å². The standard InChI is InChI=1S/C19H30NO6S/c1-19(2,3)26-18(22)17-8-6-5-7-13-20(17,14-21)27(23,24)16-11-9-15(25-4)10-12-16/h9-12,17,21H,5-8,13-14H2,1-4H3/q+1. The van der Waals surface area contributed by atoms with Crippen molar-refractivity contribution in [1.82, 2.24) is 0 Å². The van der Waals surface area contributed by atoms with Crippen LogP contribution in [0.25, 0.3) is 0 Å². The maximum atomic E-state index is 13.5. The zero-order valence-corrected chi connectivity index (χ0v) is 17.3. The lowest BCUT2D eigenvalue weighted by atomic mass is 10.1. The Morgan fingerprint density at radius 1 is 1.19 bits per heavy atom. The van der Waals surface area contributed by atoms with Crippen LogP contribution >= 0.6 is 0 Å². The van der Waals surface area contributed by atoms with E-state index >= 15 is 0 Å². The van der Waals surface area contributed by atoms with Gasteiger partial charge in [0.05, 0.1) is 13.7 Å². The summed E-state index contributed by atoms with van der Waals surface area (Å²) >= 11 is 0. The number of ether oxygens (including phenoxy) is 2. The van der Waals surface area contributed by atoms with Crippen LogP contribution in [-0.2, 0) is 19.6 Å². The first-order chi connectivity index (χ1) is 12.6. The largest absolute Gasteiger partial charge is 0.497 e. The van der Waals surface area contributed by atoms with E-state index in [0.29, 0.717) is 25.0 Å². The van der Waals surface area contributed by atoms with Crippen LogP contribution in [0, 0.1) is 0 Å². The molecule has 0 saturated carbocycles. The molecule has 2 atom stereocenters. The first-order valence-electron chi connectivity index (χ1n) is 9.17. The number of hydrogen-bond acceptors (Lipinski definition) is 6. The van der Waals surface area contributed by atoms with E-state index < -0.39 is 38.3 Å². The Bertz CT molecular complexity index is 753.